The molecule has 0 saturated carbocycles. The van der Waals surface area contributed by atoms with E-state index in [4.69, 9.17) is 14.2 Å². The third kappa shape index (κ3) is 4.21. The summed E-state index contributed by atoms with van der Waals surface area (Å²) in [5.74, 6) is 0.194. The zero-order valence-electron chi connectivity index (χ0n) is 19.3. The van der Waals surface area contributed by atoms with Crippen molar-refractivity contribution in [1.82, 2.24) is 19.4 Å². The Kier molecular flexibility index (Phi) is 5.98. The van der Waals surface area contributed by atoms with Crippen LogP contribution in [0.2, 0.25) is 0 Å². The molecule has 11 nitrogen and oxygen atoms in total. The highest BCUT2D eigenvalue weighted by Crippen LogP contribution is 2.47. The first-order valence-electron chi connectivity index (χ1n) is 10.8. The maximum atomic E-state index is 15.3. The van der Waals surface area contributed by atoms with E-state index in [1.807, 2.05) is 0 Å². The molecule has 1 N–H and O–H groups in total. The van der Waals surface area contributed by atoms with E-state index in [0.717, 1.165) is 4.31 Å². The van der Waals surface area contributed by atoms with Crippen LogP contribution in [0.3, 0.4) is 0 Å². The van der Waals surface area contributed by atoms with Crippen molar-refractivity contribution < 1.29 is 31.8 Å². The number of carbonyl (C=O) groups excluding carboxylic acids is 1. The van der Waals surface area contributed by atoms with Crippen LogP contribution in [-0.4, -0.2) is 61.2 Å². The minimum atomic E-state index is -3.92. The fourth-order valence-corrected chi connectivity index (χ4v) is 4.59. The minimum absolute atomic E-state index is 0.114. The lowest BCUT2D eigenvalue weighted by Gasteiger charge is -2.51. The van der Waals surface area contributed by atoms with E-state index < -0.39 is 27.7 Å². The Morgan fingerprint density at radius 1 is 1.19 bits per heavy atom. The summed E-state index contributed by atoms with van der Waals surface area (Å²) in [6.07, 6.45) is 0.827. The lowest BCUT2D eigenvalue weighted by molar-refractivity contribution is -0.143. The molecule has 0 unspecified atom stereocenters. The summed E-state index contributed by atoms with van der Waals surface area (Å²) in [5.41, 5.74) is -0.300. The highest BCUT2D eigenvalue weighted by atomic mass is 32.2. The van der Waals surface area contributed by atoms with Gasteiger partial charge in [-0.3, -0.25) is 9.62 Å². The van der Waals surface area contributed by atoms with Crippen LogP contribution in [0, 0.1) is 5.82 Å². The summed E-state index contributed by atoms with van der Waals surface area (Å²) in [4.78, 5) is 14.5. The van der Waals surface area contributed by atoms with Crippen molar-refractivity contribution in [3.05, 3.63) is 71.7 Å². The number of nitrogens with zero attached hydrogens (tertiary/aromatic N) is 4. The molecule has 0 radical (unpaired) electrons. The highest BCUT2D eigenvalue weighted by Gasteiger charge is 2.53. The number of carbonyl (C=O) groups is 1. The Bertz CT molecular complexity index is 1420. The van der Waals surface area contributed by atoms with Crippen LogP contribution in [0.15, 0.2) is 54.7 Å². The molecule has 0 atom stereocenters. The van der Waals surface area contributed by atoms with Crippen molar-refractivity contribution in [3.63, 3.8) is 0 Å². The van der Waals surface area contributed by atoms with Crippen LogP contribution in [-0.2, 0) is 27.0 Å². The van der Waals surface area contributed by atoms with Gasteiger partial charge in [0.15, 0.2) is 5.82 Å². The average molecular weight is 516 g/mol. The highest BCUT2D eigenvalue weighted by molar-refractivity contribution is 7.90. The van der Waals surface area contributed by atoms with Gasteiger partial charge in [-0.2, -0.15) is 17.8 Å². The number of fused-ring (bicyclic) bond motifs is 2. The molecule has 1 spiro atoms. The average Bonchev–Trinajstić information content (AvgIpc) is 2.81. The molecule has 1 fully saturated rings. The van der Waals surface area contributed by atoms with E-state index in [2.05, 4.69) is 14.9 Å². The quantitative estimate of drug-likeness (QED) is 0.510. The molecule has 2 aliphatic rings. The minimum Gasteiger partial charge on any atom is -0.437 e. The standard InChI is InChI=1S/C23H22FN5O6S/c1-28(2)36(31,32)27-18-6-3-5-15(21(18)24)12-29-22(30)35-19-11-16(34-20-7-4-10-25-26-20)8-9-17(19)23(29)13-33-14-23/h3-11,27H,12-14H2,1-2H3. The molecule has 0 aliphatic carbocycles. The normalized spacial score (nSPS) is 16.3. The maximum absolute atomic E-state index is 15.3. The third-order valence-corrected chi connectivity index (χ3v) is 7.41. The van der Waals surface area contributed by atoms with Gasteiger partial charge in [0.1, 0.15) is 17.0 Å². The monoisotopic (exact) mass is 515 g/mol. The Morgan fingerprint density at radius 3 is 2.67 bits per heavy atom. The number of hydrogen-bond acceptors (Lipinski definition) is 8. The largest absolute Gasteiger partial charge is 0.437 e. The fourth-order valence-electron chi connectivity index (χ4n) is 3.97. The van der Waals surface area contributed by atoms with Crippen molar-refractivity contribution in [2.75, 3.05) is 32.0 Å². The molecule has 188 valence electrons. The van der Waals surface area contributed by atoms with E-state index >= 15 is 4.39 Å². The van der Waals surface area contributed by atoms with Crippen molar-refractivity contribution in [2.24, 2.45) is 0 Å². The first kappa shape index (κ1) is 23.9. The summed E-state index contributed by atoms with van der Waals surface area (Å²) < 4.78 is 59.5. The Hall–Kier alpha value is -3.81. The van der Waals surface area contributed by atoms with Crippen LogP contribution in [0.1, 0.15) is 11.1 Å². The molecular weight excluding hydrogens is 493 g/mol. The second-order valence-corrected chi connectivity index (χ2v) is 10.4. The predicted octanol–water partition coefficient (Wildman–Crippen LogP) is 2.87. The molecule has 2 aromatic carbocycles. The smallest absolute Gasteiger partial charge is 0.416 e. The van der Waals surface area contributed by atoms with Gasteiger partial charge in [-0.1, -0.05) is 12.1 Å². The summed E-state index contributed by atoms with van der Waals surface area (Å²) in [6.45, 7) is 0.213. The van der Waals surface area contributed by atoms with Crippen molar-refractivity contribution in [3.8, 4) is 17.4 Å². The van der Waals surface area contributed by atoms with E-state index in [1.54, 1.807) is 30.3 Å². The molecule has 1 saturated heterocycles. The number of halogens is 1. The van der Waals surface area contributed by atoms with Crippen molar-refractivity contribution >= 4 is 22.0 Å². The molecular formula is C23H22FN5O6S. The first-order chi connectivity index (χ1) is 17.2. The van der Waals surface area contributed by atoms with Crippen LogP contribution >= 0.6 is 0 Å². The van der Waals surface area contributed by atoms with E-state index in [0.29, 0.717) is 17.1 Å². The first-order valence-corrected chi connectivity index (χ1v) is 12.3. The van der Waals surface area contributed by atoms with Gasteiger partial charge in [-0.05, 0) is 24.3 Å². The Balaban J connectivity index is 1.44. The lowest BCUT2D eigenvalue weighted by atomic mass is 9.84. The van der Waals surface area contributed by atoms with Crippen LogP contribution in [0.4, 0.5) is 14.9 Å². The van der Waals surface area contributed by atoms with Gasteiger partial charge in [0, 0.05) is 43.6 Å². The second-order valence-electron chi connectivity index (χ2n) is 8.47. The maximum Gasteiger partial charge on any atom is 0.416 e. The number of anilines is 1. The van der Waals surface area contributed by atoms with E-state index in [9.17, 15) is 13.2 Å². The molecule has 5 rings (SSSR count). The molecule has 1 amide bonds. The van der Waals surface area contributed by atoms with Crippen LogP contribution in [0.5, 0.6) is 17.4 Å². The van der Waals surface area contributed by atoms with Gasteiger partial charge >= 0.3 is 16.3 Å². The molecule has 13 heteroatoms. The van der Waals surface area contributed by atoms with Gasteiger partial charge < -0.3 is 14.2 Å². The molecule has 36 heavy (non-hydrogen) atoms. The van der Waals surface area contributed by atoms with Gasteiger partial charge in [0.2, 0.25) is 5.88 Å². The molecule has 2 aliphatic heterocycles. The number of ether oxygens (including phenoxy) is 3. The van der Waals surface area contributed by atoms with Crippen LogP contribution < -0.4 is 14.2 Å². The van der Waals surface area contributed by atoms with Gasteiger partial charge in [-0.15, -0.1) is 5.10 Å². The fraction of sp³-hybridized carbons (Fsp3) is 0.261. The zero-order chi connectivity index (χ0) is 25.5. The van der Waals surface area contributed by atoms with Crippen molar-refractivity contribution in [2.45, 2.75) is 12.1 Å². The van der Waals surface area contributed by atoms with Gasteiger partial charge in [0.05, 0.1) is 25.4 Å². The summed E-state index contributed by atoms with van der Waals surface area (Å²) in [7, 11) is -1.26. The van der Waals surface area contributed by atoms with Crippen molar-refractivity contribution in [1.29, 1.82) is 0 Å². The second kappa shape index (κ2) is 9.00. The molecule has 1 aromatic heterocycles. The number of benzene rings is 2. The van der Waals surface area contributed by atoms with Gasteiger partial charge in [0.25, 0.3) is 0 Å². The number of amides is 1. The third-order valence-electron chi connectivity index (χ3n) is 5.97. The number of rotatable bonds is 7. The van der Waals surface area contributed by atoms with E-state index in [1.165, 1.54) is 43.4 Å². The number of nitrogens with one attached hydrogen (secondary N) is 1. The molecule has 3 aromatic rings. The predicted molar refractivity (Wildman–Crippen MR) is 125 cm³/mol. The SMILES string of the molecule is CN(C)S(=O)(=O)Nc1cccc(CN2C(=O)Oc3cc(Oc4cccnn4)ccc3C23COC3)c1F. The summed E-state index contributed by atoms with van der Waals surface area (Å²) in [5, 5.41) is 7.64. The summed E-state index contributed by atoms with van der Waals surface area (Å²) >= 11 is 0. The van der Waals surface area contributed by atoms with Crippen LogP contribution in [0.25, 0.3) is 0 Å². The topological polar surface area (TPSA) is 123 Å². The summed E-state index contributed by atoms with van der Waals surface area (Å²) in [6, 6.07) is 12.7. The lowest BCUT2D eigenvalue weighted by Crippen LogP contribution is -2.63. The number of hydrogen-bond donors (Lipinski definition) is 1. The van der Waals surface area contributed by atoms with E-state index in [-0.39, 0.29) is 36.9 Å². The molecule has 0 bridgehead atoms. The van der Waals surface area contributed by atoms with Gasteiger partial charge in [-0.25, -0.2) is 9.18 Å². The Labute approximate surface area is 206 Å². The Morgan fingerprint density at radius 2 is 2.00 bits per heavy atom. The zero-order valence-corrected chi connectivity index (χ0v) is 20.2. The molecule has 3 heterocycles. The number of aromatic nitrogens is 2.